The SMILES string of the molecule is N#Cc1ccc(-n2nc(C(F)(F)F)cc2CC2=NC=C(Cl)CN2)cc1. The van der Waals surface area contributed by atoms with Gasteiger partial charge >= 0.3 is 6.18 Å². The van der Waals surface area contributed by atoms with Gasteiger partial charge in [0.2, 0.25) is 0 Å². The number of aliphatic imine (C=N–C) groups is 1. The molecule has 1 aromatic carbocycles. The first-order valence-electron chi connectivity index (χ1n) is 7.18. The van der Waals surface area contributed by atoms with Crippen molar-refractivity contribution in [3.8, 4) is 11.8 Å². The first-order chi connectivity index (χ1) is 11.9. The highest BCUT2D eigenvalue weighted by Gasteiger charge is 2.35. The molecule has 128 valence electrons. The minimum Gasteiger partial charge on any atom is -0.368 e. The molecule has 0 aliphatic carbocycles. The second-order valence-corrected chi connectivity index (χ2v) is 5.76. The zero-order valence-corrected chi connectivity index (χ0v) is 13.4. The van der Waals surface area contributed by atoms with Crippen LogP contribution in [0.3, 0.4) is 0 Å². The molecule has 5 nitrogen and oxygen atoms in total. The van der Waals surface area contributed by atoms with E-state index in [1.165, 1.54) is 23.0 Å². The third kappa shape index (κ3) is 3.83. The van der Waals surface area contributed by atoms with E-state index in [1.54, 1.807) is 12.1 Å². The first-order valence-corrected chi connectivity index (χ1v) is 7.56. The van der Waals surface area contributed by atoms with E-state index in [4.69, 9.17) is 16.9 Å². The normalized spacial score (nSPS) is 14.4. The van der Waals surface area contributed by atoms with Crippen molar-refractivity contribution in [1.82, 2.24) is 15.1 Å². The molecular weight excluding hydrogens is 355 g/mol. The van der Waals surface area contributed by atoms with E-state index >= 15 is 0 Å². The lowest BCUT2D eigenvalue weighted by Crippen LogP contribution is -2.29. The highest BCUT2D eigenvalue weighted by atomic mass is 35.5. The van der Waals surface area contributed by atoms with E-state index in [0.717, 1.165) is 6.07 Å². The summed E-state index contributed by atoms with van der Waals surface area (Å²) in [6.07, 6.45) is -2.97. The third-order valence-corrected chi connectivity index (χ3v) is 3.72. The van der Waals surface area contributed by atoms with Gasteiger partial charge in [-0.1, -0.05) is 11.6 Å². The Morgan fingerprint density at radius 2 is 2.00 bits per heavy atom. The van der Waals surface area contributed by atoms with Crippen LogP contribution in [0.5, 0.6) is 0 Å². The molecule has 0 unspecified atom stereocenters. The Balaban J connectivity index is 2.00. The van der Waals surface area contributed by atoms with E-state index < -0.39 is 11.9 Å². The molecule has 2 aromatic rings. The van der Waals surface area contributed by atoms with Crippen LogP contribution in [0.4, 0.5) is 13.2 Å². The molecule has 25 heavy (non-hydrogen) atoms. The zero-order valence-electron chi connectivity index (χ0n) is 12.7. The zero-order chi connectivity index (χ0) is 18.0. The van der Waals surface area contributed by atoms with Crippen molar-refractivity contribution in [2.75, 3.05) is 6.54 Å². The van der Waals surface area contributed by atoms with Crippen LogP contribution in [0.2, 0.25) is 0 Å². The van der Waals surface area contributed by atoms with Crippen LogP contribution >= 0.6 is 11.6 Å². The van der Waals surface area contributed by atoms with Crippen LogP contribution < -0.4 is 5.32 Å². The molecule has 0 amide bonds. The van der Waals surface area contributed by atoms with Crippen molar-refractivity contribution in [1.29, 1.82) is 5.26 Å². The van der Waals surface area contributed by atoms with E-state index in [1.807, 2.05) is 6.07 Å². The van der Waals surface area contributed by atoms with E-state index in [0.29, 0.717) is 34.4 Å². The smallest absolute Gasteiger partial charge is 0.368 e. The molecule has 1 N–H and O–H groups in total. The molecule has 3 rings (SSSR count). The lowest BCUT2D eigenvalue weighted by Gasteiger charge is -2.13. The standard InChI is InChI=1S/C16H11ClF3N5/c17-11-8-22-15(23-9-11)6-13-5-14(16(18,19)20)24-25(13)12-3-1-10(7-21)2-4-12/h1-5,8H,6,9H2,(H,22,23). The van der Waals surface area contributed by atoms with Crippen LogP contribution in [0.25, 0.3) is 5.69 Å². The summed E-state index contributed by atoms with van der Waals surface area (Å²) in [7, 11) is 0. The minimum absolute atomic E-state index is 0.129. The lowest BCUT2D eigenvalue weighted by molar-refractivity contribution is -0.141. The predicted molar refractivity (Wildman–Crippen MR) is 86.4 cm³/mol. The van der Waals surface area contributed by atoms with Gasteiger partial charge in [-0.05, 0) is 30.3 Å². The number of nitrogens with one attached hydrogen (secondary N) is 1. The lowest BCUT2D eigenvalue weighted by atomic mass is 10.2. The Hall–Kier alpha value is -2.79. The van der Waals surface area contributed by atoms with Crippen LogP contribution in [-0.4, -0.2) is 22.2 Å². The number of halogens is 4. The maximum atomic E-state index is 13.1. The maximum Gasteiger partial charge on any atom is 0.435 e. The van der Waals surface area contributed by atoms with Crippen LogP contribution in [0, 0.1) is 11.3 Å². The highest BCUT2D eigenvalue weighted by molar-refractivity contribution is 6.30. The molecule has 0 saturated carbocycles. The molecule has 0 radical (unpaired) electrons. The summed E-state index contributed by atoms with van der Waals surface area (Å²) >= 11 is 5.80. The number of nitriles is 1. The van der Waals surface area contributed by atoms with Crippen molar-refractivity contribution < 1.29 is 13.2 Å². The molecule has 0 fully saturated rings. The molecule has 0 saturated heterocycles. The van der Waals surface area contributed by atoms with Gasteiger partial charge in [0, 0.05) is 12.6 Å². The van der Waals surface area contributed by atoms with Crippen LogP contribution in [-0.2, 0) is 12.6 Å². The second kappa shape index (κ2) is 6.61. The average molecular weight is 366 g/mol. The highest BCUT2D eigenvalue weighted by Crippen LogP contribution is 2.30. The Morgan fingerprint density at radius 3 is 2.56 bits per heavy atom. The molecule has 1 aromatic heterocycles. The molecular formula is C16H11ClF3N5. The molecule has 0 spiro atoms. The summed E-state index contributed by atoms with van der Waals surface area (Å²) in [4.78, 5) is 4.09. The van der Waals surface area contributed by atoms with E-state index in [-0.39, 0.29) is 6.42 Å². The molecule has 9 heteroatoms. The quantitative estimate of drug-likeness (QED) is 0.906. The molecule has 2 heterocycles. The van der Waals surface area contributed by atoms with Gasteiger partial charge in [0.25, 0.3) is 0 Å². The molecule has 0 atom stereocenters. The maximum absolute atomic E-state index is 13.1. The fourth-order valence-corrected chi connectivity index (χ4v) is 2.41. The first kappa shape index (κ1) is 17.0. The summed E-state index contributed by atoms with van der Waals surface area (Å²) < 4.78 is 40.4. The molecule has 0 bridgehead atoms. The Kier molecular flexibility index (Phi) is 4.51. The van der Waals surface area contributed by atoms with Crippen molar-refractivity contribution in [3.05, 3.63) is 58.5 Å². The largest absolute Gasteiger partial charge is 0.435 e. The van der Waals surface area contributed by atoms with Gasteiger partial charge in [0.1, 0.15) is 5.84 Å². The average Bonchev–Trinajstić information content (AvgIpc) is 3.01. The Morgan fingerprint density at radius 1 is 1.28 bits per heavy atom. The number of nitrogens with zero attached hydrogens (tertiary/aromatic N) is 4. The van der Waals surface area contributed by atoms with Crippen molar-refractivity contribution in [2.45, 2.75) is 12.6 Å². The summed E-state index contributed by atoms with van der Waals surface area (Å²) in [5.41, 5.74) is 0.160. The van der Waals surface area contributed by atoms with Gasteiger partial charge in [-0.2, -0.15) is 23.5 Å². The monoisotopic (exact) mass is 365 g/mol. The number of alkyl halides is 3. The van der Waals surface area contributed by atoms with Crippen molar-refractivity contribution >= 4 is 17.4 Å². The fraction of sp³-hybridized carbons (Fsp3) is 0.188. The van der Waals surface area contributed by atoms with Gasteiger partial charge in [-0.3, -0.25) is 0 Å². The number of amidine groups is 1. The number of aromatic nitrogens is 2. The van der Waals surface area contributed by atoms with E-state index in [9.17, 15) is 13.2 Å². The molecule has 1 aliphatic rings. The summed E-state index contributed by atoms with van der Waals surface area (Å²) in [6.45, 7) is 0.373. The number of hydrogen-bond donors (Lipinski definition) is 1. The minimum atomic E-state index is -4.56. The van der Waals surface area contributed by atoms with Gasteiger partial charge < -0.3 is 5.32 Å². The topological polar surface area (TPSA) is 66.0 Å². The van der Waals surface area contributed by atoms with Crippen LogP contribution in [0.15, 0.2) is 46.6 Å². The van der Waals surface area contributed by atoms with Crippen molar-refractivity contribution in [3.63, 3.8) is 0 Å². The Bertz CT molecular complexity index is 888. The summed E-state index contributed by atoms with van der Waals surface area (Å²) in [5, 5.41) is 16.0. The van der Waals surface area contributed by atoms with Gasteiger partial charge in [-0.25, -0.2) is 9.67 Å². The number of rotatable bonds is 3. The summed E-state index contributed by atoms with van der Waals surface area (Å²) in [5.74, 6) is 0.493. The second-order valence-electron chi connectivity index (χ2n) is 5.27. The van der Waals surface area contributed by atoms with Crippen molar-refractivity contribution in [2.24, 2.45) is 4.99 Å². The van der Waals surface area contributed by atoms with Crippen LogP contribution in [0.1, 0.15) is 17.0 Å². The van der Waals surface area contributed by atoms with Gasteiger partial charge in [-0.15, -0.1) is 0 Å². The Labute approximate surface area is 146 Å². The number of benzene rings is 1. The summed E-state index contributed by atoms with van der Waals surface area (Å²) in [6, 6.07) is 9.08. The van der Waals surface area contributed by atoms with E-state index in [2.05, 4.69) is 15.4 Å². The molecule has 1 aliphatic heterocycles. The number of hydrogen-bond acceptors (Lipinski definition) is 4. The fourth-order valence-electron chi connectivity index (χ4n) is 2.29. The predicted octanol–water partition coefficient (Wildman–Crippen LogP) is 3.39. The van der Waals surface area contributed by atoms with Gasteiger partial charge in [0.05, 0.1) is 34.6 Å². The third-order valence-electron chi connectivity index (χ3n) is 3.48. The van der Waals surface area contributed by atoms with Gasteiger partial charge in [0.15, 0.2) is 5.69 Å².